The van der Waals surface area contributed by atoms with Crippen molar-refractivity contribution in [3.8, 4) is 0 Å². The number of rotatable bonds is 5. The van der Waals surface area contributed by atoms with Crippen LogP contribution < -0.4 is 11.1 Å². The molecule has 2 unspecified atom stereocenters. The Balaban J connectivity index is 2.39. The molecule has 5 heteroatoms. The topological polar surface area (TPSA) is 67.6 Å². The molecule has 1 saturated carbocycles. The molecule has 5 nitrogen and oxygen atoms in total. The Morgan fingerprint density at radius 1 is 1.38 bits per heavy atom. The van der Waals surface area contributed by atoms with Crippen LogP contribution in [0.4, 0.5) is 4.79 Å². The summed E-state index contributed by atoms with van der Waals surface area (Å²) in [6, 6.07) is 0.944. The van der Waals surface area contributed by atoms with Crippen LogP contribution in [0, 0.1) is 0 Å². The number of carbonyl (C=O) groups is 1. The molecule has 0 bridgehead atoms. The van der Waals surface area contributed by atoms with Crippen molar-refractivity contribution in [2.75, 3.05) is 13.1 Å². The van der Waals surface area contributed by atoms with Gasteiger partial charge in [-0.1, -0.05) is 6.42 Å². The molecule has 1 aliphatic rings. The zero-order valence-electron chi connectivity index (χ0n) is 14.3. The lowest BCUT2D eigenvalue weighted by Crippen LogP contribution is -2.46. The molecular formula is C16H33N3O2. The predicted molar refractivity (Wildman–Crippen MR) is 86.3 cm³/mol. The number of carbonyl (C=O) groups excluding carboxylic acids is 1. The van der Waals surface area contributed by atoms with Crippen LogP contribution in [0.3, 0.4) is 0 Å². The Labute approximate surface area is 129 Å². The third-order valence-corrected chi connectivity index (χ3v) is 3.75. The molecule has 3 N–H and O–H groups in total. The highest BCUT2D eigenvalue weighted by Crippen LogP contribution is 2.17. The molecule has 0 radical (unpaired) electrons. The van der Waals surface area contributed by atoms with Crippen LogP contribution >= 0.6 is 0 Å². The third-order valence-electron chi connectivity index (χ3n) is 3.75. The van der Waals surface area contributed by atoms with E-state index in [2.05, 4.69) is 5.32 Å². The van der Waals surface area contributed by atoms with Crippen LogP contribution in [0.25, 0.3) is 0 Å². The summed E-state index contributed by atoms with van der Waals surface area (Å²) in [6.45, 7) is 11.2. The Morgan fingerprint density at radius 3 is 2.57 bits per heavy atom. The lowest BCUT2D eigenvalue weighted by Gasteiger charge is -2.32. The van der Waals surface area contributed by atoms with Gasteiger partial charge in [-0.05, 0) is 53.9 Å². The van der Waals surface area contributed by atoms with Gasteiger partial charge in [-0.15, -0.1) is 0 Å². The molecule has 2 atom stereocenters. The van der Waals surface area contributed by atoms with Crippen LogP contribution in [0.5, 0.6) is 0 Å². The van der Waals surface area contributed by atoms with E-state index in [4.69, 9.17) is 10.5 Å². The SMILES string of the molecule is CC(C)N(CCNC1CCCC(N)C1)C(=O)OC(C)(C)C. The van der Waals surface area contributed by atoms with Gasteiger partial charge in [0.2, 0.25) is 0 Å². The van der Waals surface area contributed by atoms with Crippen molar-refractivity contribution in [3.05, 3.63) is 0 Å². The molecule has 0 heterocycles. The summed E-state index contributed by atoms with van der Waals surface area (Å²) in [7, 11) is 0. The first-order valence-corrected chi connectivity index (χ1v) is 8.17. The number of hydrogen-bond donors (Lipinski definition) is 2. The average Bonchev–Trinajstić information content (AvgIpc) is 2.31. The number of nitrogens with two attached hydrogens (primary N) is 1. The number of nitrogens with one attached hydrogen (secondary N) is 1. The third kappa shape index (κ3) is 7.14. The normalized spacial score (nSPS) is 23.2. The Hall–Kier alpha value is -0.810. The molecule has 1 aliphatic carbocycles. The van der Waals surface area contributed by atoms with Gasteiger partial charge < -0.3 is 20.7 Å². The van der Waals surface area contributed by atoms with Crippen molar-refractivity contribution in [2.45, 2.75) is 84.0 Å². The average molecular weight is 299 g/mol. The first-order chi connectivity index (χ1) is 9.69. The molecule has 124 valence electrons. The van der Waals surface area contributed by atoms with Crippen molar-refractivity contribution in [2.24, 2.45) is 5.73 Å². The quantitative estimate of drug-likeness (QED) is 0.818. The van der Waals surface area contributed by atoms with Gasteiger partial charge >= 0.3 is 6.09 Å². The van der Waals surface area contributed by atoms with Gasteiger partial charge in [0.1, 0.15) is 5.60 Å². The molecular weight excluding hydrogens is 266 g/mol. The first kappa shape index (κ1) is 18.2. The molecule has 21 heavy (non-hydrogen) atoms. The maximum atomic E-state index is 12.2. The number of ether oxygens (including phenoxy) is 1. The van der Waals surface area contributed by atoms with Crippen molar-refractivity contribution in [3.63, 3.8) is 0 Å². The van der Waals surface area contributed by atoms with E-state index in [1.165, 1.54) is 12.8 Å². The zero-order chi connectivity index (χ0) is 16.0. The van der Waals surface area contributed by atoms with E-state index in [-0.39, 0.29) is 12.1 Å². The maximum Gasteiger partial charge on any atom is 0.410 e. The predicted octanol–water partition coefficient (Wildman–Crippen LogP) is 2.49. The fraction of sp³-hybridized carbons (Fsp3) is 0.938. The fourth-order valence-corrected chi connectivity index (χ4v) is 2.68. The molecule has 1 rings (SSSR count). The monoisotopic (exact) mass is 299 g/mol. The first-order valence-electron chi connectivity index (χ1n) is 8.17. The molecule has 0 aromatic carbocycles. The van der Waals surface area contributed by atoms with Crippen LogP contribution in [0.15, 0.2) is 0 Å². The van der Waals surface area contributed by atoms with Crippen LogP contribution in [-0.2, 0) is 4.74 Å². The lowest BCUT2D eigenvalue weighted by atomic mass is 9.92. The van der Waals surface area contributed by atoms with E-state index in [0.717, 1.165) is 19.4 Å². The highest BCUT2D eigenvalue weighted by atomic mass is 16.6. The fourth-order valence-electron chi connectivity index (χ4n) is 2.68. The highest BCUT2D eigenvalue weighted by molar-refractivity contribution is 5.68. The van der Waals surface area contributed by atoms with Gasteiger partial charge in [0.25, 0.3) is 0 Å². The van der Waals surface area contributed by atoms with E-state index in [1.807, 2.05) is 34.6 Å². The van der Waals surface area contributed by atoms with E-state index >= 15 is 0 Å². The molecule has 1 amide bonds. The number of hydrogen-bond acceptors (Lipinski definition) is 4. The van der Waals surface area contributed by atoms with Crippen molar-refractivity contribution < 1.29 is 9.53 Å². The van der Waals surface area contributed by atoms with Gasteiger partial charge in [-0.25, -0.2) is 4.79 Å². The van der Waals surface area contributed by atoms with Gasteiger partial charge in [0.05, 0.1) is 0 Å². The van der Waals surface area contributed by atoms with E-state index in [1.54, 1.807) is 4.90 Å². The summed E-state index contributed by atoms with van der Waals surface area (Å²) in [4.78, 5) is 14.0. The Kier molecular flexibility index (Phi) is 6.94. The molecule has 0 aliphatic heterocycles. The van der Waals surface area contributed by atoms with Crippen molar-refractivity contribution in [1.29, 1.82) is 0 Å². The van der Waals surface area contributed by atoms with Gasteiger partial charge in [0, 0.05) is 31.2 Å². The summed E-state index contributed by atoms with van der Waals surface area (Å²) in [5.74, 6) is 0. The maximum absolute atomic E-state index is 12.2. The molecule has 0 aromatic rings. The molecule has 0 aromatic heterocycles. The number of nitrogens with zero attached hydrogens (tertiary/aromatic N) is 1. The summed E-state index contributed by atoms with van der Waals surface area (Å²) in [6.07, 6.45) is 4.31. The van der Waals surface area contributed by atoms with Gasteiger partial charge in [0.15, 0.2) is 0 Å². The van der Waals surface area contributed by atoms with E-state index in [9.17, 15) is 4.79 Å². The second kappa shape index (κ2) is 7.99. The van der Waals surface area contributed by atoms with Crippen LogP contribution in [0.1, 0.15) is 60.3 Å². The zero-order valence-corrected chi connectivity index (χ0v) is 14.3. The summed E-state index contributed by atoms with van der Waals surface area (Å²) < 4.78 is 5.46. The standard InChI is InChI=1S/C16H33N3O2/c1-12(2)19(15(20)21-16(3,4)5)10-9-18-14-8-6-7-13(17)11-14/h12-14,18H,6-11,17H2,1-5H3. The van der Waals surface area contributed by atoms with Gasteiger partial charge in [-0.2, -0.15) is 0 Å². The minimum absolute atomic E-state index is 0.135. The minimum atomic E-state index is -0.451. The summed E-state index contributed by atoms with van der Waals surface area (Å²) in [5, 5.41) is 3.53. The Bertz CT molecular complexity index is 326. The molecule has 1 fully saturated rings. The smallest absolute Gasteiger partial charge is 0.410 e. The lowest BCUT2D eigenvalue weighted by molar-refractivity contribution is 0.0191. The largest absolute Gasteiger partial charge is 0.444 e. The summed E-state index contributed by atoms with van der Waals surface area (Å²) >= 11 is 0. The number of amides is 1. The van der Waals surface area contributed by atoms with Crippen molar-refractivity contribution >= 4 is 6.09 Å². The second-order valence-electron chi connectivity index (χ2n) is 7.35. The van der Waals surface area contributed by atoms with Crippen LogP contribution in [-0.4, -0.2) is 47.8 Å². The van der Waals surface area contributed by atoms with Crippen molar-refractivity contribution in [1.82, 2.24) is 10.2 Å². The molecule has 0 spiro atoms. The Morgan fingerprint density at radius 2 is 2.05 bits per heavy atom. The molecule has 0 saturated heterocycles. The van der Waals surface area contributed by atoms with E-state index < -0.39 is 5.60 Å². The highest BCUT2D eigenvalue weighted by Gasteiger charge is 2.24. The van der Waals surface area contributed by atoms with Gasteiger partial charge in [-0.3, -0.25) is 0 Å². The second-order valence-corrected chi connectivity index (χ2v) is 7.35. The van der Waals surface area contributed by atoms with Crippen LogP contribution in [0.2, 0.25) is 0 Å². The summed E-state index contributed by atoms with van der Waals surface area (Å²) in [5.41, 5.74) is 5.55. The van der Waals surface area contributed by atoms with E-state index in [0.29, 0.717) is 18.6 Å². The minimum Gasteiger partial charge on any atom is -0.444 e.